The molecular weight excluding hydrogens is 440 g/mol. The highest BCUT2D eigenvalue weighted by Gasteiger charge is 2.35. The molecule has 0 spiro atoms. The van der Waals surface area contributed by atoms with Gasteiger partial charge in [0.25, 0.3) is 0 Å². The molecule has 1 unspecified atom stereocenters. The van der Waals surface area contributed by atoms with Gasteiger partial charge < -0.3 is 15.1 Å². The number of aryl methyl sites for hydroxylation is 1. The summed E-state index contributed by atoms with van der Waals surface area (Å²) in [4.78, 5) is 29.3. The molecule has 176 valence electrons. The molecule has 2 aromatic rings. The number of carbonyl (C=O) groups excluding carboxylic acids is 2. The van der Waals surface area contributed by atoms with Crippen molar-refractivity contribution in [2.75, 3.05) is 50.0 Å². The van der Waals surface area contributed by atoms with Crippen molar-refractivity contribution in [2.24, 2.45) is 5.92 Å². The molecule has 2 fully saturated rings. The van der Waals surface area contributed by atoms with E-state index in [0.29, 0.717) is 38.4 Å². The van der Waals surface area contributed by atoms with Crippen molar-refractivity contribution in [3.63, 3.8) is 0 Å². The van der Waals surface area contributed by atoms with Crippen LogP contribution < -0.4 is 10.2 Å². The molecule has 8 nitrogen and oxygen atoms in total. The third-order valence-electron chi connectivity index (χ3n) is 6.35. The Kier molecular flexibility index (Phi) is 6.83. The lowest BCUT2D eigenvalue weighted by Crippen LogP contribution is -2.46. The predicted octanol–water partition coefficient (Wildman–Crippen LogP) is 2.18. The van der Waals surface area contributed by atoms with Crippen molar-refractivity contribution in [1.82, 2.24) is 9.21 Å². The number of amides is 2. The number of piperazine rings is 1. The van der Waals surface area contributed by atoms with E-state index >= 15 is 0 Å². The Morgan fingerprint density at radius 2 is 1.76 bits per heavy atom. The summed E-state index contributed by atoms with van der Waals surface area (Å²) in [5.74, 6) is -0.777. The van der Waals surface area contributed by atoms with Gasteiger partial charge in [-0.15, -0.1) is 0 Å². The maximum absolute atomic E-state index is 12.9. The molecule has 4 rings (SSSR count). The molecule has 0 radical (unpaired) electrons. The fourth-order valence-electron chi connectivity index (χ4n) is 4.21. The van der Waals surface area contributed by atoms with Crippen molar-refractivity contribution in [2.45, 2.75) is 24.7 Å². The summed E-state index contributed by atoms with van der Waals surface area (Å²) in [6.07, 6.45) is 1.03. The lowest BCUT2D eigenvalue weighted by atomic mass is 10.1. The van der Waals surface area contributed by atoms with E-state index < -0.39 is 15.9 Å². The van der Waals surface area contributed by atoms with E-state index in [1.165, 1.54) is 16.4 Å². The van der Waals surface area contributed by atoms with Gasteiger partial charge in [0, 0.05) is 50.5 Å². The van der Waals surface area contributed by atoms with Gasteiger partial charge in [0.05, 0.1) is 10.8 Å². The summed E-state index contributed by atoms with van der Waals surface area (Å²) < 4.78 is 27.2. The first kappa shape index (κ1) is 23.4. The Bertz CT molecular complexity index is 1130. The first-order valence-corrected chi connectivity index (χ1v) is 12.7. The van der Waals surface area contributed by atoms with E-state index in [0.717, 1.165) is 17.7 Å². The van der Waals surface area contributed by atoms with Crippen molar-refractivity contribution in [3.05, 3.63) is 54.1 Å². The molecule has 0 bridgehead atoms. The standard InChI is InChI=1S/C24H30N4O4S/c1-3-18-5-4-6-21(15-18)28-17-19(16-23(28)29)24(30)25-20-7-9-22(10-8-20)33(31,32)27-13-11-26(2)12-14-27/h4-10,15,19H,3,11-14,16-17H2,1-2H3,(H,25,30). The average molecular weight is 471 g/mol. The highest BCUT2D eigenvalue weighted by atomic mass is 32.2. The molecule has 1 N–H and O–H groups in total. The predicted molar refractivity (Wildman–Crippen MR) is 128 cm³/mol. The number of benzene rings is 2. The number of hydrogen-bond donors (Lipinski definition) is 1. The molecule has 1 atom stereocenters. The summed E-state index contributed by atoms with van der Waals surface area (Å²) in [6, 6.07) is 14.0. The summed E-state index contributed by atoms with van der Waals surface area (Å²) in [7, 11) is -1.58. The summed E-state index contributed by atoms with van der Waals surface area (Å²) in [6.45, 7) is 4.71. The van der Waals surface area contributed by atoms with Crippen LogP contribution in [0.25, 0.3) is 0 Å². The van der Waals surface area contributed by atoms with Gasteiger partial charge in [0.1, 0.15) is 0 Å². The zero-order valence-corrected chi connectivity index (χ0v) is 19.8. The molecule has 0 saturated carbocycles. The number of anilines is 2. The SMILES string of the molecule is CCc1cccc(N2CC(C(=O)Nc3ccc(S(=O)(=O)N4CCN(C)CC4)cc3)CC2=O)c1. The minimum absolute atomic E-state index is 0.0722. The van der Waals surface area contributed by atoms with Crippen LogP contribution in [0.5, 0.6) is 0 Å². The minimum atomic E-state index is -3.55. The van der Waals surface area contributed by atoms with E-state index in [2.05, 4.69) is 17.1 Å². The molecule has 2 amide bonds. The lowest BCUT2D eigenvalue weighted by molar-refractivity contribution is -0.122. The largest absolute Gasteiger partial charge is 0.326 e. The number of carbonyl (C=O) groups is 2. The Morgan fingerprint density at radius 3 is 2.42 bits per heavy atom. The highest BCUT2D eigenvalue weighted by Crippen LogP contribution is 2.27. The molecule has 2 heterocycles. The van der Waals surface area contributed by atoms with Gasteiger partial charge in [-0.25, -0.2) is 8.42 Å². The van der Waals surface area contributed by atoms with E-state index in [4.69, 9.17) is 0 Å². The van der Waals surface area contributed by atoms with Gasteiger partial charge in [0.15, 0.2) is 0 Å². The number of rotatable bonds is 6. The first-order chi connectivity index (χ1) is 15.8. The van der Waals surface area contributed by atoms with Gasteiger partial charge in [0.2, 0.25) is 21.8 Å². The Labute approximate surface area is 195 Å². The second-order valence-corrected chi connectivity index (χ2v) is 10.6. The number of sulfonamides is 1. The van der Waals surface area contributed by atoms with Crippen LogP contribution in [0.4, 0.5) is 11.4 Å². The van der Waals surface area contributed by atoms with Crippen LogP contribution in [0.15, 0.2) is 53.4 Å². The van der Waals surface area contributed by atoms with Crippen molar-refractivity contribution < 1.29 is 18.0 Å². The number of likely N-dealkylation sites (N-methyl/N-ethyl adjacent to an activating group) is 1. The number of nitrogens with zero attached hydrogens (tertiary/aromatic N) is 3. The van der Waals surface area contributed by atoms with Gasteiger partial charge in [-0.2, -0.15) is 4.31 Å². The van der Waals surface area contributed by atoms with E-state index in [1.807, 2.05) is 31.3 Å². The van der Waals surface area contributed by atoms with Crippen LogP contribution in [-0.2, 0) is 26.0 Å². The second-order valence-electron chi connectivity index (χ2n) is 8.65. The molecule has 2 saturated heterocycles. The smallest absolute Gasteiger partial charge is 0.243 e. The first-order valence-electron chi connectivity index (χ1n) is 11.3. The van der Waals surface area contributed by atoms with Gasteiger partial charge >= 0.3 is 0 Å². The van der Waals surface area contributed by atoms with Gasteiger partial charge in [-0.05, 0) is 55.4 Å². The molecule has 33 heavy (non-hydrogen) atoms. The zero-order chi connectivity index (χ0) is 23.6. The van der Waals surface area contributed by atoms with Crippen LogP contribution >= 0.6 is 0 Å². The van der Waals surface area contributed by atoms with Crippen LogP contribution in [0.2, 0.25) is 0 Å². The van der Waals surface area contributed by atoms with Crippen LogP contribution in [0.3, 0.4) is 0 Å². The molecule has 2 aromatic carbocycles. The maximum Gasteiger partial charge on any atom is 0.243 e. The van der Waals surface area contributed by atoms with E-state index in [-0.39, 0.29) is 23.1 Å². The van der Waals surface area contributed by atoms with E-state index in [9.17, 15) is 18.0 Å². The maximum atomic E-state index is 12.9. The third-order valence-corrected chi connectivity index (χ3v) is 8.26. The van der Waals surface area contributed by atoms with Crippen LogP contribution in [-0.4, -0.2) is 69.2 Å². The van der Waals surface area contributed by atoms with Gasteiger partial charge in [-0.1, -0.05) is 19.1 Å². The van der Waals surface area contributed by atoms with E-state index in [1.54, 1.807) is 17.0 Å². The number of hydrogen-bond acceptors (Lipinski definition) is 5. The van der Waals surface area contributed by atoms with Crippen molar-refractivity contribution >= 4 is 33.2 Å². The fourth-order valence-corrected chi connectivity index (χ4v) is 5.63. The average Bonchev–Trinajstić information content (AvgIpc) is 3.21. The Balaban J connectivity index is 1.39. The van der Waals surface area contributed by atoms with Crippen LogP contribution in [0, 0.1) is 5.92 Å². The topological polar surface area (TPSA) is 90.0 Å². The number of nitrogens with one attached hydrogen (secondary N) is 1. The molecule has 2 aliphatic rings. The minimum Gasteiger partial charge on any atom is -0.326 e. The summed E-state index contributed by atoms with van der Waals surface area (Å²) in [5.41, 5.74) is 2.46. The quantitative estimate of drug-likeness (QED) is 0.699. The Hall–Kier alpha value is -2.75. The zero-order valence-electron chi connectivity index (χ0n) is 19.0. The fraction of sp³-hybridized carbons (Fsp3) is 0.417. The normalized spacial score (nSPS) is 20.2. The van der Waals surface area contributed by atoms with Crippen LogP contribution in [0.1, 0.15) is 18.9 Å². The molecule has 0 aromatic heterocycles. The molecule has 2 aliphatic heterocycles. The third kappa shape index (κ3) is 5.10. The highest BCUT2D eigenvalue weighted by molar-refractivity contribution is 7.89. The Morgan fingerprint density at radius 1 is 1.06 bits per heavy atom. The molecular formula is C24H30N4O4S. The molecule has 0 aliphatic carbocycles. The van der Waals surface area contributed by atoms with Crippen molar-refractivity contribution in [1.29, 1.82) is 0 Å². The lowest BCUT2D eigenvalue weighted by Gasteiger charge is -2.31. The van der Waals surface area contributed by atoms with Crippen molar-refractivity contribution in [3.8, 4) is 0 Å². The summed E-state index contributed by atoms with van der Waals surface area (Å²) in [5, 5.41) is 2.83. The summed E-state index contributed by atoms with van der Waals surface area (Å²) >= 11 is 0. The monoisotopic (exact) mass is 470 g/mol. The van der Waals surface area contributed by atoms with Gasteiger partial charge in [-0.3, -0.25) is 9.59 Å². The molecule has 9 heteroatoms. The second kappa shape index (κ2) is 9.62.